The molecule has 0 bridgehead atoms. The van der Waals surface area contributed by atoms with Crippen LogP contribution in [-0.2, 0) is 12.8 Å². The molecule has 3 aromatic rings. The second kappa shape index (κ2) is 8.10. The van der Waals surface area contributed by atoms with E-state index < -0.39 is 0 Å². The van der Waals surface area contributed by atoms with E-state index in [4.69, 9.17) is 4.74 Å². The fraction of sp³-hybridized carbons (Fsp3) is 0.318. The van der Waals surface area contributed by atoms with Gasteiger partial charge in [-0.15, -0.1) is 11.3 Å². The van der Waals surface area contributed by atoms with Crippen LogP contribution in [0.1, 0.15) is 41.8 Å². The standard InChI is InChI=1S/C22H25N3O2S/c1-15(23-22(26)24-16-8-7-9-17(14-16)27-2)20-18-10-3-4-11-19(18)28-21(20)25-12-5-6-13-25/h5-9,12-15H,3-4,10-11H2,1-2H3,(H2,23,24,26)/t15-/m0/s1. The number of ether oxygens (including phenoxy) is 1. The van der Waals surface area contributed by atoms with Crippen LogP contribution < -0.4 is 15.4 Å². The van der Waals surface area contributed by atoms with Crippen molar-refractivity contribution >= 4 is 23.1 Å². The van der Waals surface area contributed by atoms with Crippen molar-refractivity contribution in [2.75, 3.05) is 12.4 Å². The number of aryl methyl sites for hydroxylation is 1. The molecule has 28 heavy (non-hydrogen) atoms. The predicted molar refractivity (Wildman–Crippen MR) is 114 cm³/mol. The molecule has 6 heteroatoms. The van der Waals surface area contributed by atoms with Crippen LogP contribution in [-0.4, -0.2) is 17.7 Å². The third-order valence-corrected chi connectivity index (χ3v) is 6.46. The molecule has 1 aliphatic carbocycles. The molecule has 5 nitrogen and oxygen atoms in total. The minimum Gasteiger partial charge on any atom is -0.497 e. The zero-order valence-corrected chi connectivity index (χ0v) is 17.0. The predicted octanol–water partition coefficient (Wildman–Crippen LogP) is 5.31. The van der Waals surface area contributed by atoms with E-state index in [1.54, 1.807) is 7.11 Å². The van der Waals surface area contributed by atoms with Gasteiger partial charge in [0.15, 0.2) is 0 Å². The smallest absolute Gasteiger partial charge is 0.319 e. The van der Waals surface area contributed by atoms with Crippen molar-refractivity contribution in [3.05, 3.63) is 64.8 Å². The van der Waals surface area contributed by atoms with Crippen LogP contribution in [0.25, 0.3) is 5.00 Å². The summed E-state index contributed by atoms with van der Waals surface area (Å²) in [6, 6.07) is 11.2. The third-order valence-electron chi connectivity index (χ3n) is 5.14. The maximum atomic E-state index is 12.6. The van der Waals surface area contributed by atoms with E-state index in [0.717, 1.165) is 12.8 Å². The summed E-state index contributed by atoms with van der Waals surface area (Å²) in [5.41, 5.74) is 3.38. The van der Waals surface area contributed by atoms with Gasteiger partial charge in [0.25, 0.3) is 0 Å². The number of fused-ring (bicyclic) bond motifs is 1. The summed E-state index contributed by atoms with van der Waals surface area (Å²) in [5.74, 6) is 0.715. The number of hydrogen-bond acceptors (Lipinski definition) is 3. The van der Waals surface area contributed by atoms with E-state index in [1.807, 2.05) is 47.7 Å². The SMILES string of the molecule is COc1cccc(NC(=O)N[C@@H](C)c2c(-n3cccc3)sc3c2CCCC3)c1. The first kappa shape index (κ1) is 18.6. The molecule has 0 spiro atoms. The summed E-state index contributed by atoms with van der Waals surface area (Å²) in [6.45, 7) is 2.06. The third kappa shape index (κ3) is 3.78. The van der Waals surface area contributed by atoms with Gasteiger partial charge in [-0.1, -0.05) is 6.07 Å². The summed E-state index contributed by atoms with van der Waals surface area (Å²) >= 11 is 1.86. The van der Waals surface area contributed by atoms with Gasteiger partial charge in [-0.2, -0.15) is 0 Å². The molecule has 1 atom stereocenters. The minimum absolute atomic E-state index is 0.0823. The molecule has 0 saturated heterocycles. The highest BCUT2D eigenvalue weighted by atomic mass is 32.1. The quantitative estimate of drug-likeness (QED) is 0.615. The zero-order chi connectivity index (χ0) is 19.5. The number of hydrogen-bond donors (Lipinski definition) is 2. The fourth-order valence-corrected chi connectivity index (χ4v) is 5.27. The highest BCUT2D eigenvalue weighted by Crippen LogP contribution is 2.40. The van der Waals surface area contributed by atoms with E-state index in [0.29, 0.717) is 11.4 Å². The number of anilines is 1. The topological polar surface area (TPSA) is 55.3 Å². The summed E-state index contributed by atoms with van der Waals surface area (Å²) in [6.07, 6.45) is 8.83. The van der Waals surface area contributed by atoms with Crippen LogP contribution in [0.15, 0.2) is 48.8 Å². The van der Waals surface area contributed by atoms with Gasteiger partial charge in [-0.3, -0.25) is 0 Å². The largest absolute Gasteiger partial charge is 0.497 e. The number of nitrogens with one attached hydrogen (secondary N) is 2. The van der Waals surface area contributed by atoms with Crippen LogP contribution in [0, 0.1) is 0 Å². The van der Waals surface area contributed by atoms with E-state index in [1.165, 1.54) is 33.8 Å². The number of amides is 2. The van der Waals surface area contributed by atoms with Crippen molar-refractivity contribution in [2.45, 2.75) is 38.6 Å². The molecular weight excluding hydrogens is 370 g/mol. The van der Waals surface area contributed by atoms with Crippen LogP contribution in [0.3, 0.4) is 0 Å². The Morgan fingerprint density at radius 3 is 2.75 bits per heavy atom. The number of thiophene rings is 1. The fourth-order valence-electron chi connectivity index (χ4n) is 3.82. The summed E-state index contributed by atoms with van der Waals surface area (Å²) in [4.78, 5) is 14.1. The summed E-state index contributed by atoms with van der Waals surface area (Å²) < 4.78 is 7.39. The Morgan fingerprint density at radius 1 is 1.18 bits per heavy atom. The van der Waals surface area contributed by atoms with Gasteiger partial charge in [0, 0.05) is 34.6 Å². The number of urea groups is 1. The number of aromatic nitrogens is 1. The summed E-state index contributed by atoms with van der Waals surface area (Å²) in [7, 11) is 1.61. The molecule has 2 N–H and O–H groups in total. The van der Waals surface area contributed by atoms with E-state index in [-0.39, 0.29) is 12.1 Å². The molecule has 1 aliphatic rings. The molecular formula is C22H25N3O2S. The minimum atomic E-state index is -0.213. The Kier molecular flexibility index (Phi) is 5.39. The molecule has 1 aromatic carbocycles. The second-order valence-corrected chi connectivity index (χ2v) is 8.16. The Bertz CT molecular complexity index is 962. The van der Waals surface area contributed by atoms with Gasteiger partial charge in [0.05, 0.1) is 13.2 Å². The van der Waals surface area contributed by atoms with Gasteiger partial charge in [-0.05, 0) is 62.4 Å². The number of nitrogens with zero attached hydrogens (tertiary/aromatic N) is 1. The van der Waals surface area contributed by atoms with Gasteiger partial charge in [-0.25, -0.2) is 4.79 Å². The van der Waals surface area contributed by atoms with Crippen molar-refractivity contribution in [1.82, 2.24) is 9.88 Å². The first-order chi connectivity index (χ1) is 13.7. The Labute approximate surface area is 169 Å². The van der Waals surface area contributed by atoms with Crippen molar-refractivity contribution < 1.29 is 9.53 Å². The monoisotopic (exact) mass is 395 g/mol. The molecule has 2 aromatic heterocycles. The maximum Gasteiger partial charge on any atom is 0.319 e. The van der Waals surface area contributed by atoms with Crippen LogP contribution >= 0.6 is 11.3 Å². The van der Waals surface area contributed by atoms with Gasteiger partial charge in [0.2, 0.25) is 0 Å². The van der Waals surface area contributed by atoms with Gasteiger partial charge in [0.1, 0.15) is 10.8 Å². The van der Waals surface area contributed by atoms with Crippen LogP contribution in [0.5, 0.6) is 5.75 Å². The van der Waals surface area contributed by atoms with E-state index >= 15 is 0 Å². The van der Waals surface area contributed by atoms with Crippen LogP contribution in [0.4, 0.5) is 10.5 Å². The zero-order valence-electron chi connectivity index (χ0n) is 16.2. The highest BCUT2D eigenvalue weighted by molar-refractivity contribution is 7.15. The molecule has 2 amide bonds. The Balaban J connectivity index is 1.56. The Morgan fingerprint density at radius 2 is 1.96 bits per heavy atom. The summed E-state index contributed by atoms with van der Waals surface area (Å²) in [5, 5.41) is 7.25. The number of carbonyl (C=O) groups excluding carboxylic acids is 1. The highest BCUT2D eigenvalue weighted by Gasteiger charge is 2.25. The van der Waals surface area contributed by atoms with Gasteiger partial charge >= 0.3 is 6.03 Å². The number of benzene rings is 1. The maximum absolute atomic E-state index is 12.6. The average molecular weight is 396 g/mol. The molecule has 2 heterocycles. The van der Waals surface area contributed by atoms with E-state index in [2.05, 4.69) is 34.5 Å². The van der Waals surface area contributed by atoms with Crippen LogP contribution in [0.2, 0.25) is 0 Å². The lowest BCUT2D eigenvalue weighted by Gasteiger charge is -2.20. The lowest BCUT2D eigenvalue weighted by Crippen LogP contribution is -2.32. The molecule has 0 aliphatic heterocycles. The van der Waals surface area contributed by atoms with E-state index in [9.17, 15) is 4.79 Å². The Hall–Kier alpha value is -2.73. The molecule has 0 unspecified atom stereocenters. The number of rotatable bonds is 5. The average Bonchev–Trinajstić information content (AvgIpc) is 3.35. The first-order valence-corrected chi connectivity index (χ1v) is 10.5. The molecule has 0 saturated carbocycles. The number of methoxy groups -OCH3 is 1. The molecule has 0 fully saturated rings. The van der Waals surface area contributed by atoms with Crippen molar-refractivity contribution in [2.24, 2.45) is 0 Å². The molecule has 0 radical (unpaired) electrons. The van der Waals surface area contributed by atoms with Gasteiger partial charge < -0.3 is 19.9 Å². The van der Waals surface area contributed by atoms with Crippen molar-refractivity contribution in [3.8, 4) is 10.8 Å². The lowest BCUT2D eigenvalue weighted by molar-refractivity contribution is 0.249. The second-order valence-electron chi connectivity index (χ2n) is 7.07. The first-order valence-electron chi connectivity index (χ1n) is 9.65. The van der Waals surface area contributed by atoms with Crippen molar-refractivity contribution in [1.29, 1.82) is 0 Å². The van der Waals surface area contributed by atoms with Crippen molar-refractivity contribution in [3.63, 3.8) is 0 Å². The molecule has 4 rings (SSSR count). The number of carbonyl (C=O) groups is 1. The molecule has 146 valence electrons. The lowest BCUT2D eigenvalue weighted by atomic mass is 9.93. The normalized spacial score (nSPS) is 14.2.